The molecule has 0 aromatic carbocycles. The lowest BCUT2D eigenvalue weighted by Gasteiger charge is -2.29. The van der Waals surface area contributed by atoms with Crippen LogP contribution in [0, 0.1) is 11.8 Å². The molecule has 0 aromatic rings. The molecule has 4 heteroatoms. The minimum Gasteiger partial charge on any atom is -0.468 e. The molecule has 0 saturated heterocycles. The molecular weight excluding hydrogens is 220 g/mol. The first kappa shape index (κ1) is 14.2. The SMILES string of the molecule is COC(=O)C(C)C(=O)C(OC)C1CCCCC1. The Morgan fingerprint density at radius 1 is 1.12 bits per heavy atom. The van der Waals surface area contributed by atoms with E-state index in [1.807, 2.05) is 0 Å². The zero-order valence-electron chi connectivity index (χ0n) is 10.9. The van der Waals surface area contributed by atoms with Crippen molar-refractivity contribution in [1.82, 2.24) is 0 Å². The van der Waals surface area contributed by atoms with Gasteiger partial charge in [0, 0.05) is 7.11 Å². The largest absolute Gasteiger partial charge is 0.468 e. The summed E-state index contributed by atoms with van der Waals surface area (Å²) in [5.74, 6) is -1.10. The molecule has 17 heavy (non-hydrogen) atoms. The van der Waals surface area contributed by atoms with Crippen LogP contribution in [0.4, 0.5) is 0 Å². The number of methoxy groups -OCH3 is 2. The first-order valence-electron chi connectivity index (χ1n) is 6.26. The number of ketones is 1. The van der Waals surface area contributed by atoms with Crippen molar-refractivity contribution in [2.24, 2.45) is 11.8 Å². The van der Waals surface area contributed by atoms with E-state index in [0.717, 1.165) is 25.7 Å². The van der Waals surface area contributed by atoms with E-state index in [4.69, 9.17) is 4.74 Å². The van der Waals surface area contributed by atoms with Crippen LogP contribution in [0.5, 0.6) is 0 Å². The third-order valence-corrected chi connectivity index (χ3v) is 3.59. The van der Waals surface area contributed by atoms with Crippen molar-refractivity contribution in [3.63, 3.8) is 0 Å². The Morgan fingerprint density at radius 2 is 1.71 bits per heavy atom. The van der Waals surface area contributed by atoms with Crippen LogP contribution in [0.3, 0.4) is 0 Å². The molecule has 4 nitrogen and oxygen atoms in total. The molecule has 0 spiro atoms. The van der Waals surface area contributed by atoms with Crippen molar-refractivity contribution in [2.45, 2.75) is 45.1 Å². The molecule has 0 amide bonds. The van der Waals surface area contributed by atoms with Crippen molar-refractivity contribution in [1.29, 1.82) is 0 Å². The fourth-order valence-corrected chi connectivity index (χ4v) is 2.52. The lowest BCUT2D eigenvalue weighted by molar-refractivity contribution is -0.153. The van der Waals surface area contributed by atoms with Crippen molar-refractivity contribution in [2.75, 3.05) is 14.2 Å². The van der Waals surface area contributed by atoms with Gasteiger partial charge in [-0.25, -0.2) is 0 Å². The highest BCUT2D eigenvalue weighted by atomic mass is 16.5. The van der Waals surface area contributed by atoms with Crippen LogP contribution in [0.1, 0.15) is 39.0 Å². The molecule has 0 heterocycles. The van der Waals surface area contributed by atoms with E-state index in [9.17, 15) is 9.59 Å². The molecule has 1 rings (SSSR count). The normalized spacial score (nSPS) is 20.6. The number of ether oxygens (including phenoxy) is 2. The van der Waals surface area contributed by atoms with Crippen molar-refractivity contribution < 1.29 is 19.1 Å². The molecule has 0 aromatic heterocycles. The van der Waals surface area contributed by atoms with Gasteiger partial charge in [0.25, 0.3) is 0 Å². The molecule has 0 radical (unpaired) electrons. The Kier molecular flexibility index (Phi) is 5.62. The van der Waals surface area contributed by atoms with Gasteiger partial charge >= 0.3 is 5.97 Å². The van der Waals surface area contributed by atoms with Crippen LogP contribution < -0.4 is 0 Å². The highest BCUT2D eigenvalue weighted by molar-refractivity contribution is 6.01. The van der Waals surface area contributed by atoms with Gasteiger partial charge in [-0.1, -0.05) is 19.3 Å². The van der Waals surface area contributed by atoms with Gasteiger partial charge in [-0.3, -0.25) is 9.59 Å². The van der Waals surface area contributed by atoms with Gasteiger partial charge in [0.15, 0.2) is 5.78 Å². The summed E-state index contributed by atoms with van der Waals surface area (Å²) >= 11 is 0. The first-order chi connectivity index (χ1) is 8.11. The van der Waals surface area contributed by atoms with Crippen LogP contribution in [0.25, 0.3) is 0 Å². The van der Waals surface area contributed by atoms with E-state index in [0.29, 0.717) is 0 Å². The van der Waals surface area contributed by atoms with Crippen molar-refractivity contribution in [3.05, 3.63) is 0 Å². The summed E-state index contributed by atoms with van der Waals surface area (Å²) in [6, 6.07) is 0. The van der Waals surface area contributed by atoms with E-state index >= 15 is 0 Å². The molecule has 98 valence electrons. The van der Waals surface area contributed by atoms with E-state index in [1.54, 1.807) is 14.0 Å². The third-order valence-electron chi connectivity index (χ3n) is 3.59. The third kappa shape index (κ3) is 3.53. The second-order valence-corrected chi connectivity index (χ2v) is 4.70. The topological polar surface area (TPSA) is 52.6 Å². The summed E-state index contributed by atoms with van der Waals surface area (Å²) in [6.45, 7) is 1.59. The fraction of sp³-hybridized carbons (Fsp3) is 0.846. The highest BCUT2D eigenvalue weighted by Gasteiger charge is 2.35. The molecule has 1 fully saturated rings. The van der Waals surface area contributed by atoms with Crippen molar-refractivity contribution >= 4 is 11.8 Å². The Morgan fingerprint density at radius 3 is 2.18 bits per heavy atom. The van der Waals surface area contributed by atoms with Crippen LogP contribution in [-0.4, -0.2) is 32.1 Å². The molecule has 0 N–H and O–H groups in total. The molecule has 1 saturated carbocycles. The van der Waals surface area contributed by atoms with E-state index in [1.165, 1.54) is 13.5 Å². The summed E-state index contributed by atoms with van der Waals surface area (Å²) in [7, 11) is 2.84. The Hall–Kier alpha value is -0.900. The average Bonchev–Trinajstić information content (AvgIpc) is 2.38. The maximum atomic E-state index is 12.1. The van der Waals surface area contributed by atoms with Gasteiger partial charge in [-0.05, 0) is 25.7 Å². The average molecular weight is 242 g/mol. The number of esters is 1. The molecule has 0 aliphatic heterocycles. The lowest BCUT2D eigenvalue weighted by Crippen LogP contribution is -2.39. The molecular formula is C13H22O4. The number of hydrogen-bond donors (Lipinski definition) is 0. The number of hydrogen-bond acceptors (Lipinski definition) is 4. The molecule has 1 aliphatic rings. The number of rotatable bonds is 5. The summed E-state index contributed by atoms with van der Waals surface area (Å²) in [6.07, 6.45) is 5.09. The van der Waals surface area contributed by atoms with Gasteiger partial charge in [-0.2, -0.15) is 0 Å². The van der Waals surface area contributed by atoms with E-state index in [2.05, 4.69) is 4.74 Å². The van der Waals surface area contributed by atoms with Gasteiger partial charge in [0.05, 0.1) is 7.11 Å². The highest BCUT2D eigenvalue weighted by Crippen LogP contribution is 2.29. The number of carbonyl (C=O) groups excluding carboxylic acids is 2. The van der Waals surface area contributed by atoms with Crippen LogP contribution in [0.15, 0.2) is 0 Å². The molecule has 2 unspecified atom stereocenters. The number of Topliss-reactive ketones (excluding diaryl/α,β-unsaturated/α-hetero) is 1. The Bertz CT molecular complexity index is 269. The zero-order chi connectivity index (χ0) is 12.8. The Labute approximate surface area is 103 Å². The quantitative estimate of drug-likeness (QED) is 0.546. The van der Waals surface area contributed by atoms with Crippen LogP contribution in [-0.2, 0) is 19.1 Å². The van der Waals surface area contributed by atoms with Crippen LogP contribution >= 0.6 is 0 Å². The predicted molar refractivity (Wildman–Crippen MR) is 63.6 cm³/mol. The van der Waals surface area contributed by atoms with Gasteiger partial charge < -0.3 is 9.47 Å². The molecule has 0 bridgehead atoms. The van der Waals surface area contributed by atoms with Crippen molar-refractivity contribution in [3.8, 4) is 0 Å². The minimum atomic E-state index is -0.730. The minimum absolute atomic E-state index is 0.147. The smallest absolute Gasteiger partial charge is 0.316 e. The lowest BCUT2D eigenvalue weighted by atomic mass is 9.81. The predicted octanol–water partition coefficient (Wildman–Crippen LogP) is 1.96. The summed E-state index contributed by atoms with van der Waals surface area (Å²) in [5, 5.41) is 0. The molecule has 2 atom stereocenters. The maximum absolute atomic E-state index is 12.1. The van der Waals surface area contributed by atoms with Gasteiger partial charge in [-0.15, -0.1) is 0 Å². The Balaban J connectivity index is 2.65. The summed E-state index contributed by atoms with van der Waals surface area (Å²) in [5.41, 5.74) is 0. The second-order valence-electron chi connectivity index (χ2n) is 4.70. The van der Waals surface area contributed by atoms with Gasteiger partial charge in [0.1, 0.15) is 12.0 Å². The number of carbonyl (C=O) groups is 2. The van der Waals surface area contributed by atoms with Gasteiger partial charge in [0.2, 0.25) is 0 Å². The second kappa shape index (κ2) is 6.74. The summed E-state index contributed by atoms with van der Waals surface area (Å²) < 4.78 is 9.91. The fourth-order valence-electron chi connectivity index (χ4n) is 2.52. The van der Waals surface area contributed by atoms with E-state index < -0.39 is 18.0 Å². The zero-order valence-corrected chi connectivity index (χ0v) is 10.9. The van der Waals surface area contributed by atoms with Crippen LogP contribution in [0.2, 0.25) is 0 Å². The monoisotopic (exact) mass is 242 g/mol. The summed E-state index contributed by atoms with van der Waals surface area (Å²) in [4.78, 5) is 23.5. The van der Waals surface area contributed by atoms with E-state index in [-0.39, 0.29) is 11.7 Å². The first-order valence-corrected chi connectivity index (χ1v) is 6.26. The standard InChI is InChI=1S/C13H22O4/c1-9(13(15)17-3)11(14)12(16-2)10-7-5-4-6-8-10/h9-10,12H,4-8H2,1-3H3. The molecule has 1 aliphatic carbocycles. The maximum Gasteiger partial charge on any atom is 0.316 e.